The van der Waals surface area contributed by atoms with E-state index in [-0.39, 0.29) is 35.8 Å². The number of nitrogens with zero attached hydrogens (tertiary/aromatic N) is 1. The van der Waals surface area contributed by atoms with E-state index in [9.17, 15) is 8.42 Å². The number of guanidine groups is 1. The zero-order chi connectivity index (χ0) is 18.7. The van der Waals surface area contributed by atoms with Gasteiger partial charge in [0, 0.05) is 26.2 Å². The fourth-order valence-electron chi connectivity index (χ4n) is 2.24. The molecule has 0 aliphatic rings. The molecule has 26 heavy (non-hydrogen) atoms. The summed E-state index contributed by atoms with van der Waals surface area (Å²) in [6.45, 7) is 7.98. The molecule has 0 amide bonds. The third-order valence-electron chi connectivity index (χ3n) is 3.23. The zero-order valence-corrected chi connectivity index (χ0v) is 19.1. The standard InChI is InChI=1S/C17H30N4O3S.HI/c1-5-18-17(19-10-11-24-4)20-12-15-8-6-7-9-16(15)13-25(22,23)21-14(2)3;/h6-9,14,21H,5,10-13H2,1-4H3,(H2,18,19,20);1H. The Labute approximate surface area is 174 Å². The molecule has 0 aliphatic carbocycles. The Morgan fingerprint density at radius 1 is 1.19 bits per heavy atom. The van der Waals surface area contributed by atoms with Gasteiger partial charge >= 0.3 is 0 Å². The van der Waals surface area contributed by atoms with Crippen molar-refractivity contribution >= 4 is 40.0 Å². The molecule has 0 fully saturated rings. The Hall–Kier alpha value is -0.910. The van der Waals surface area contributed by atoms with Gasteiger partial charge in [-0.2, -0.15) is 0 Å². The van der Waals surface area contributed by atoms with Gasteiger partial charge in [-0.1, -0.05) is 24.3 Å². The van der Waals surface area contributed by atoms with Gasteiger partial charge in [0.25, 0.3) is 0 Å². The molecule has 150 valence electrons. The summed E-state index contributed by atoms with van der Waals surface area (Å²) in [6, 6.07) is 7.34. The molecule has 0 saturated carbocycles. The molecule has 0 spiro atoms. The zero-order valence-electron chi connectivity index (χ0n) is 15.9. The van der Waals surface area contributed by atoms with E-state index in [0.29, 0.717) is 25.7 Å². The lowest BCUT2D eigenvalue weighted by Crippen LogP contribution is -2.38. The van der Waals surface area contributed by atoms with Crippen molar-refractivity contribution in [1.82, 2.24) is 15.4 Å². The van der Waals surface area contributed by atoms with E-state index in [0.717, 1.165) is 17.7 Å². The van der Waals surface area contributed by atoms with Gasteiger partial charge < -0.3 is 15.4 Å². The monoisotopic (exact) mass is 498 g/mol. The van der Waals surface area contributed by atoms with Crippen LogP contribution < -0.4 is 15.4 Å². The summed E-state index contributed by atoms with van der Waals surface area (Å²) in [4.78, 5) is 4.53. The minimum Gasteiger partial charge on any atom is -0.383 e. The van der Waals surface area contributed by atoms with Crippen molar-refractivity contribution in [3.8, 4) is 0 Å². The van der Waals surface area contributed by atoms with E-state index in [2.05, 4.69) is 20.3 Å². The van der Waals surface area contributed by atoms with Gasteiger partial charge in [0.05, 0.1) is 18.9 Å². The SMILES string of the molecule is CCNC(=NCc1ccccc1CS(=O)(=O)NC(C)C)NCCOC.I. The molecule has 0 unspecified atom stereocenters. The summed E-state index contributed by atoms with van der Waals surface area (Å²) in [7, 11) is -1.72. The summed E-state index contributed by atoms with van der Waals surface area (Å²) in [5, 5.41) is 6.33. The fraction of sp³-hybridized carbons (Fsp3) is 0.588. The highest BCUT2D eigenvalue weighted by Crippen LogP contribution is 2.13. The van der Waals surface area contributed by atoms with Crippen LogP contribution in [0.15, 0.2) is 29.3 Å². The van der Waals surface area contributed by atoms with Crippen LogP contribution in [0.25, 0.3) is 0 Å². The van der Waals surface area contributed by atoms with Crippen molar-refractivity contribution in [3.63, 3.8) is 0 Å². The van der Waals surface area contributed by atoms with Crippen LogP contribution in [-0.2, 0) is 27.1 Å². The van der Waals surface area contributed by atoms with Gasteiger partial charge in [-0.05, 0) is 31.9 Å². The van der Waals surface area contributed by atoms with Crippen LogP contribution in [-0.4, -0.2) is 47.2 Å². The number of ether oxygens (including phenoxy) is 1. The van der Waals surface area contributed by atoms with Gasteiger partial charge in [0.1, 0.15) is 0 Å². The Kier molecular flexibility index (Phi) is 12.8. The molecule has 0 aliphatic heterocycles. The number of methoxy groups -OCH3 is 1. The van der Waals surface area contributed by atoms with E-state index >= 15 is 0 Å². The van der Waals surface area contributed by atoms with E-state index in [1.165, 1.54) is 0 Å². The van der Waals surface area contributed by atoms with Gasteiger partial charge in [0.15, 0.2) is 5.96 Å². The van der Waals surface area contributed by atoms with Crippen LogP contribution >= 0.6 is 24.0 Å². The van der Waals surface area contributed by atoms with Crippen LogP contribution in [0.1, 0.15) is 31.9 Å². The first-order valence-corrected chi connectivity index (χ1v) is 10.1. The van der Waals surface area contributed by atoms with Crippen molar-refractivity contribution in [2.45, 2.75) is 39.1 Å². The molecule has 1 aromatic carbocycles. The van der Waals surface area contributed by atoms with E-state index in [4.69, 9.17) is 4.74 Å². The van der Waals surface area contributed by atoms with Crippen molar-refractivity contribution in [1.29, 1.82) is 0 Å². The molecule has 0 radical (unpaired) electrons. The average molecular weight is 498 g/mol. The summed E-state index contributed by atoms with van der Waals surface area (Å²) in [5.41, 5.74) is 1.65. The molecular formula is C17H31IN4O3S. The highest BCUT2D eigenvalue weighted by Gasteiger charge is 2.15. The minimum absolute atomic E-state index is 0. The molecule has 9 heteroatoms. The Balaban J connectivity index is 0.00000625. The van der Waals surface area contributed by atoms with E-state index in [1.807, 2.05) is 45.0 Å². The molecule has 0 heterocycles. The molecule has 7 nitrogen and oxygen atoms in total. The number of hydrogen-bond donors (Lipinski definition) is 3. The molecule has 0 saturated heterocycles. The lowest BCUT2D eigenvalue weighted by molar-refractivity contribution is 0.203. The highest BCUT2D eigenvalue weighted by molar-refractivity contribution is 14.0. The van der Waals surface area contributed by atoms with Gasteiger partial charge in [-0.3, -0.25) is 0 Å². The molecule has 0 atom stereocenters. The quantitative estimate of drug-likeness (QED) is 0.198. The summed E-state index contributed by atoms with van der Waals surface area (Å²) < 4.78 is 32.0. The normalized spacial score (nSPS) is 12.0. The van der Waals surface area contributed by atoms with Crippen LogP contribution in [0.5, 0.6) is 0 Å². The second-order valence-electron chi connectivity index (χ2n) is 5.92. The number of aliphatic imine (C=N–C) groups is 1. The average Bonchev–Trinajstić information content (AvgIpc) is 2.52. The fourth-order valence-corrected chi connectivity index (χ4v) is 3.73. The van der Waals surface area contributed by atoms with Gasteiger partial charge in [-0.25, -0.2) is 18.1 Å². The summed E-state index contributed by atoms with van der Waals surface area (Å²) in [5.74, 6) is 0.627. The van der Waals surface area contributed by atoms with E-state index < -0.39 is 10.0 Å². The highest BCUT2D eigenvalue weighted by atomic mass is 127. The number of nitrogens with one attached hydrogen (secondary N) is 3. The summed E-state index contributed by atoms with van der Waals surface area (Å²) in [6.07, 6.45) is 0. The molecule has 0 aromatic heterocycles. The lowest BCUT2D eigenvalue weighted by atomic mass is 10.1. The van der Waals surface area contributed by atoms with Crippen LogP contribution in [0.4, 0.5) is 0 Å². The molecule has 1 rings (SSSR count). The predicted molar refractivity (Wildman–Crippen MR) is 117 cm³/mol. The summed E-state index contributed by atoms with van der Waals surface area (Å²) >= 11 is 0. The number of halogens is 1. The lowest BCUT2D eigenvalue weighted by Gasteiger charge is -2.13. The molecule has 0 bridgehead atoms. The molecule has 3 N–H and O–H groups in total. The van der Waals surface area contributed by atoms with Gasteiger partial charge in [0.2, 0.25) is 10.0 Å². The smallest absolute Gasteiger partial charge is 0.216 e. The van der Waals surface area contributed by atoms with Gasteiger partial charge in [-0.15, -0.1) is 24.0 Å². The number of benzene rings is 1. The maximum absolute atomic E-state index is 12.2. The molecular weight excluding hydrogens is 467 g/mol. The van der Waals surface area contributed by atoms with Crippen molar-refractivity contribution in [3.05, 3.63) is 35.4 Å². The topological polar surface area (TPSA) is 91.8 Å². The maximum Gasteiger partial charge on any atom is 0.216 e. The number of rotatable bonds is 10. The Morgan fingerprint density at radius 2 is 1.85 bits per heavy atom. The first-order valence-electron chi connectivity index (χ1n) is 8.45. The largest absolute Gasteiger partial charge is 0.383 e. The second-order valence-corrected chi connectivity index (χ2v) is 7.67. The Bertz CT molecular complexity index is 651. The van der Waals surface area contributed by atoms with Crippen molar-refractivity contribution < 1.29 is 13.2 Å². The third-order valence-corrected chi connectivity index (χ3v) is 4.75. The minimum atomic E-state index is -3.37. The first kappa shape index (κ1) is 25.1. The second kappa shape index (κ2) is 13.3. The van der Waals surface area contributed by atoms with Crippen molar-refractivity contribution in [2.24, 2.45) is 4.99 Å². The van der Waals surface area contributed by atoms with E-state index in [1.54, 1.807) is 7.11 Å². The van der Waals surface area contributed by atoms with Crippen molar-refractivity contribution in [2.75, 3.05) is 26.8 Å². The predicted octanol–water partition coefficient (Wildman–Crippen LogP) is 1.83. The van der Waals surface area contributed by atoms with Crippen LogP contribution in [0.3, 0.4) is 0 Å². The van der Waals surface area contributed by atoms with Crippen LogP contribution in [0.2, 0.25) is 0 Å². The number of hydrogen-bond acceptors (Lipinski definition) is 4. The maximum atomic E-state index is 12.2. The van der Waals surface area contributed by atoms with Crippen LogP contribution in [0, 0.1) is 0 Å². The third kappa shape index (κ3) is 10.3. The number of sulfonamides is 1. The Morgan fingerprint density at radius 3 is 2.42 bits per heavy atom. The molecule has 1 aromatic rings. The first-order chi connectivity index (χ1) is 11.9.